The number of halogens is 1. The maximum atomic E-state index is 13.7. The van der Waals surface area contributed by atoms with Crippen LogP contribution in [0.4, 0.5) is 15.9 Å². The fourth-order valence-electron chi connectivity index (χ4n) is 3.35. The van der Waals surface area contributed by atoms with Gasteiger partial charge < -0.3 is 15.4 Å². The van der Waals surface area contributed by atoms with Crippen molar-refractivity contribution in [1.29, 1.82) is 0 Å². The van der Waals surface area contributed by atoms with E-state index in [1.54, 1.807) is 44.8 Å². The van der Waals surface area contributed by atoms with Crippen molar-refractivity contribution in [2.24, 2.45) is 0 Å². The molecule has 4 aromatic rings. The minimum Gasteiger partial charge on any atom is -0.496 e. The highest BCUT2D eigenvalue weighted by atomic mass is 19.1. The zero-order valence-electron chi connectivity index (χ0n) is 17.2. The van der Waals surface area contributed by atoms with Crippen molar-refractivity contribution in [3.63, 3.8) is 0 Å². The molecular weight excluding hydrogens is 397 g/mol. The van der Waals surface area contributed by atoms with Crippen LogP contribution in [0, 0.1) is 12.7 Å². The number of carbonyl (C=O) groups is 1. The second-order valence-corrected chi connectivity index (χ2v) is 6.95. The van der Waals surface area contributed by atoms with Gasteiger partial charge in [-0.1, -0.05) is 18.2 Å². The van der Waals surface area contributed by atoms with Gasteiger partial charge in [0.1, 0.15) is 23.1 Å². The summed E-state index contributed by atoms with van der Waals surface area (Å²) >= 11 is 0. The van der Waals surface area contributed by atoms with E-state index in [-0.39, 0.29) is 18.1 Å². The van der Waals surface area contributed by atoms with Crippen LogP contribution in [0.1, 0.15) is 12.0 Å². The molecule has 0 bridgehead atoms. The normalized spacial score (nSPS) is 10.8. The van der Waals surface area contributed by atoms with Gasteiger partial charge in [-0.15, -0.1) is 0 Å². The predicted molar refractivity (Wildman–Crippen MR) is 118 cm³/mol. The van der Waals surface area contributed by atoms with Gasteiger partial charge in [0, 0.05) is 42.2 Å². The highest BCUT2D eigenvalue weighted by molar-refractivity contribution is 5.92. The first-order valence-electron chi connectivity index (χ1n) is 9.82. The Hall–Kier alpha value is -3.94. The van der Waals surface area contributed by atoms with E-state index in [1.165, 1.54) is 6.07 Å². The molecule has 31 heavy (non-hydrogen) atoms. The predicted octanol–water partition coefficient (Wildman–Crippen LogP) is 4.29. The number of anilines is 2. The van der Waals surface area contributed by atoms with Crippen molar-refractivity contribution in [1.82, 2.24) is 14.4 Å². The molecule has 158 valence electrons. The zero-order valence-corrected chi connectivity index (χ0v) is 17.2. The summed E-state index contributed by atoms with van der Waals surface area (Å²) in [5.74, 6) is 0.866. The van der Waals surface area contributed by atoms with Gasteiger partial charge in [0.05, 0.1) is 13.3 Å². The van der Waals surface area contributed by atoms with Gasteiger partial charge in [-0.2, -0.15) is 0 Å². The van der Waals surface area contributed by atoms with E-state index >= 15 is 0 Å². The highest BCUT2D eigenvalue weighted by Gasteiger charge is 2.17. The van der Waals surface area contributed by atoms with Crippen molar-refractivity contribution < 1.29 is 13.9 Å². The van der Waals surface area contributed by atoms with E-state index in [4.69, 9.17) is 9.72 Å². The Balaban J connectivity index is 1.54. The first-order chi connectivity index (χ1) is 15.1. The lowest BCUT2D eigenvalue weighted by Gasteiger charge is -2.12. The lowest BCUT2D eigenvalue weighted by atomic mass is 10.1. The van der Waals surface area contributed by atoms with Gasteiger partial charge in [0.2, 0.25) is 5.91 Å². The number of benzene rings is 2. The van der Waals surface area contributed by atoms with Gasteiger partial charge in [-0.25, -0.2) is 9.37 Å². The third-order valence-electron chi connectivity index (χ3n) is 4.98. The largest absolute Gasteiger partial charge is 0.496 e. The van der Waals surface area contributed by atoms with Crippen molar-refractivity contribution in [2.75, 3.05) is 24.3 Å². The summed E-state index contributed by atoms with van der Waals surface area (Å²) in [5, 5.41) is 6.07. The second-order valence-electron chi connectivity index (χ2n) is 6.95. The minimum absolute atomic E-state index is 0.194. The quantitative estimate of drug-likeness (QED) is 0.467. The Bertz CT molecular complexity index is 1240. The monoisotopic (exact) mass is 419 g/mol. The van der Waals surface area contributed by atoms with Gasteiger partial charge >= 0.3 is 0 Å². The Morgan fingerprint density at radius 2 is 2.03 bits per heavy atom. The van der Waals surface area contributed by atoms with Crippen LogP contribution in [-0.2, 0) is 4.79 Å². The Morgan fingerprint density at radius 3 is 2.87 bits per heavy atom. The smallest absolute Gasteiger partial charge is 0.226 e. The van der Waals surface area contributed by atoms with E-state index in [9.17, 15) is 9.18 Å². The van der Waals surface area contributed by atoms with Crippen molar-refractivity contribution in [3.05, 3.63) is 72.4 Å². The number of hydrogen-bond acceptors (Lipinski definition) is 5. The van der Waals surface area contributed by atoms with Gasteiger partial charge in [0.15, 0.2) is 5.65 Å². The molecule has 4 rings (SSSR count). The molecule has 0 aliphatic carbocycles. The van der Waals surface area contributed by atoms with Crippen LogP contribution in [-0.4, -0.2) is 33.9 Å². The molecule has 7 nitrogen and oxygen atoms in total. The molecule has 0 radical (unpaired) electrons. The standard InChI is InChI=1S/C23H22FN5O2/c1-15-17(24)7-5-8-18(15)27-21(30)10-11-26-23-22(16-6-3-4-9-19(16)31-2)28-20-14-25-12-13-29(20)23/h3-9,12-14,26H,10-11H2,1-2H3,(H,27,30). The fourth-order valence-corrected chi connectivity index (χ4v) is 3.35. The van der Waals surface area contributed by atoms with Crippen molar-refractivity contribution in [2.45, 2.75) is 13.3 Å². The number of imidazole rings is 1. The van der Waals surface area contributed by atoms with Gasteiger partial charge in [-0.05, 0) is 31.2 Å². The molecule has 2 heterocycles. The van der Waals surface area contributed by atoms with Crippen LogP contribution in [0.5, 0.6) is 5.75 Å². The third kappa shape index (κ3) is 4.18. The number of hydrogen-bond donors (Lipinski definition) is 2. The zero-order chi connectivity index (χ0) is 21.8. The first kappa shape index (κ1) is 20.3. The van der Waals surface area contributed by atoms with Crippen LogP contribution in [0.25, 0.3) is 16.9 Å². The maximum Gasteiger partial charge on any atom is 0.226 e. The van der Waals surface area contributed by atoms with Crippen LogP contribution in [0.2, 0.25) is 0 Å². The Labute approximate surface area is 178 Å². The van der Waals surface area contributed by atoms with Crippen LogP contribution >= 0.6 is 0 Å². The summed E-state index contributed by atoms with van der Waals surface area (Å²) in [6.45, 7) is 1.99. The first-order valence-corrected chi connectivity index (χ1v) is 9.82. The molecule has 2 aromatic heterocycles. The van der Waals surface area contributed by atoms with E-state index < -0.39 is 0 Å². The van der Waals surface area contributed by atoms with Crippen LogP contribution in [0.3, 0.4) is 0 Å². The van der Waals surface area contributed by atoms with Crippen LogP contribution in [0.15, 0.2) is 61.1 Å². The number of rotatable bonds is 7. The lowest BCUT2D eigenvalue weighted by Crippen LogP contribution is -2.17. The number of fused-ring (bicyclic) bond motifs is 1. The Kier molecular flexibility index (Phi) is 5.79. The molecule has 0 aliphatic heterocycles. The molecule has 2 aromatic carbocycles. The number of nitrogens with zero attached hydrogens (tertiary/aromatic N) is 3. The molecule has 0 saturated carbocycles. The summed E-state index contributed by atoms with van der Waals surface area (Å²) in [6, 6.07) is 12.2. The molecule has 2 N–H and O–H groups in total. The van der Waals surface area contributed by atoms with E-state index in [2.05, 4.69) is 15.6 Å². The third-order valence-corrected chi connectivity index (χ3v) is 4.98. The summed E-state index contributed by atoms with van der Waals surface area (Å²) < 4.78 is 21.1. The lowest BCUT2D eigenvalue weighted by molar-refractivity contribution is -0.115. The number of para-hydroxylation sites is 1. The summed E-state index contributed by atoms with van der Waals surface area (Å²) in [7, 11) is 1.61. The molecule has 1 amide bonds. The number of amides is 1. The van der Waals surface area contributed by atoms with Crippen LogP contribution < -0.4 is 15.4 Å². The summed E-state index contributed by atoms with van der Waals surface area (Å²) in [6.07, 6.45) is 5.34. The Morgan fingerprint density at radius 1 is 1.19 bits per heavy atom. The minimum atomic E-state index is -0.350. The average Bonchev–Trinajstić information content (AvgIpc) is 3.15. The molecule has 0 unspecified atom stereocenters. The van der Waals surface area contributed by atoms with Gasteiger partial charge in [0.25, 0.3) is 0 Å². The van der Waals surface area contributed by atoms with E-state index in [1.807, 2.05) is 28.7 Å². The molecule has 0 aliphatic rings. The van der Waals surface area contributed by atoms with Crippen molar-refractivity contribution >= 4 is 23.1 Å². The topological polar surface area (TPSA) is 80.6 Å². The number of carbonyl (C=O) groups excluding carboxylic acids is 1. The molecule has 8 heteroatoms. The number of ether oxygens (including phenoxy) is 1. The SMILES string of the molecule is COc1ccccc1-c1nc2cnccn2c1NCCC(=O)Nc1cccc(F)c1C. The van der Waals surface area contributed by atoms with Gasteiger partial charge in [-0.3, -0.25) is 14.2 Å². The number of nitrogens with one attached hydrogen (secondary N) is 2. The highest BCUT2D eigenvalue weighted by Crippen LogP contribution is 2.34. The number of aromatic nitrogens is 3. The molecule has 0 atom stereocenters. The molecular formula is C23H22FN5O2. The van der Waals surface area contributed by atoms with Crippen molar-refractivity contribution in [3.8, 4) is 17.0 Å². The van der Waals surface area contributed by atoms with E-state index in [0.717, 1.165) is 11.4 Å². The maximum absolute atomic E-state index is 13.7. The fraction of sp³-hybridized carbons (Fsp3) is 0.174. The summed E-state index contributed by atoms with van der Waals surface area (Å²) in [4.78, 5) is 21.2. The molecule has 0 spiro atoms. The molecule has 0 fully saturated rings. The van der Waals surface area contributed by atoms with E-state index in [0.29, 0.717) is 34.9 Å². The molecule has 0 saturated heterocycles. The second kappa shape index (κ2) is 8.83. The summed E-state index contributed by atoms with van der Waals surface area (Å²) in [5.41, 5.74) is 3.09. The number of methoxy groups -OCH3 is 1. The average molecular weight is 419 g/mol.